The Morgan fingerprint density at radius 1 is 0.805 bits per heavy atom. The molecule has 41 heavy (non-hydrogen) atoms. The number of hydrogen-bond donors (Lipinski definition) is 1. The highest BCUT2D eigenvalue weighted by molar-refractivity contribution is 5.81. The fourth-order valence-corrected chi connectivity index (χ4v) is 5.05. The molecule has 7 nitrogen and oxygen atoms in total. The average molecular weight is 558 g/mol. The van der Waals surface area contributed by atoms with E-state index in [0.717, 1.165) is 27.8 Å². The second-order valence-corrected chi connectivity index (χ2v) is 11.3. The van der Waals surface area contributed by atoms with E-state index in [4.69, 9.17) is 14.2 Å². The molecule has 7 heteroatoms. The highest BCUT2D eigenvalue weighted by atomic mass is 16.6. The van der Waals surface area contributed by atoms with E-state index in [0.29, 0.717) is 25.8 Å². The van der Waals surface area contributed by atoms with Crippen molar-refractivity contribution in [1.82, 2.24) is 5.32 Å². The maximum atomic E-state index is 13.0. The van der Waals surface area contributed by atoms with Gasteiger partial charge in [0, 0.05) is 12.5 Å². The van der Waals surface area contributed by atoms with Crippen molar-refractivity contribution in [2.75, 3.05) is 13.2 Å². The minimum Gasteiger partial charge on any atom is -0.465 e. The monoisotopic (exact) mass is 557 g/mol. The number of amides is 1. The number of rotatable bonds is 12. The van der Waals surface area contributed by atoms with Gasteiger partial charge in [-0.2, -0.15) is 0 Å². The van der Waals surface area contributed by atoms with Crippen LogP contribution in [0.4, 0.5) is 4.79 Å². The third-order valence-electron chi connectivity index (χ3n) is 6.99. The maximum absolute atomic E-state index is 13.0. The van der Waals surface area contributed by atoms with Crippen molar-refractivity contribution in [3.63, 3.8) is 0 Å². The summed E-state index contributed by atoms with van der Waals surface area (Å²) in [6.07, 6.45) is 1.15. The molecule has 1 aliphatic rings. The molecule has 1 N–H and O–H groups in total. The summed E-state index contributed by atoms with van der Waals surface area (Å²) in [5, 5.41) is 2.73. The molecule has 216 valence electrons. The van der Waals surface area contributed by atoms with Gasteiger partial charge in [0.1, 0.15) is 18.8 Å². The molecule has 0 saturated heterocycles. The lowest BCUT2D eigenvalue weighted by molar-refractivity contribution is -0.156. The van der Waals surface area contributed by atoms with E-state index in [2.05, 4.69) is 29.6 Å². The zero-order valence-corrected chi connectivity index (χ0v) is 24.1. The number of hydrogen-bond acceptors (Lipinski definition) is 6. The Morgan fingerprint density at radius 2 is 1.41 bits per heavy atom. The SMILES string of the molecule is CC(C)(C)OC(=O)NCCCC[C@H](CC(=O)OCC1c2ccccc2-c2ccccc21)C(=O)OCc1ccccc1. The van der Waals surface area contributed by atoms with E-state index in [1.54, 1.807) is 0 Å². The molecule has 0 heterocycles. The van der Waals surface area contributed by atoms with E-state index >= 15 is 0 Å². The van der Waals surface area contributed by atoms with Crippen molar-refractivity contribution in [3.8, 4) is 11.1 Å². The van der Waals surface area contributed by atoms with Gasteiger partial charge in [0.05, 0.1) is 12.3 Å². The minimum absolute atomic E-state index is 0.0474. The van der Waals surface area contributed by atoms with Crippen LogP contribution in [0.5, 0.6) is 0 Å². The van der Waals surface area contributed by atoms with Gasteiger partial charge >= 0.3 is 18.0 Å². The van der Waals surface area contributed by atoms with Gasteiger partial charge in [-0.1, -0.05) is 85.3 Å². The second kappa shape index (κ2) is 14.0. The number of benzene rings is 3. The summed E-state index contributed by atoms with van der Waals surface area (Å²) < 4.78 is 16.6. The molecule has 1 atom stereocenters. The third-order valence-corrected chi connectivity index (χ3v) is 6.99. The number of carbonyl (C=O) groups is 3. The van der Waals surface area contributed by atoms with Crippen LogP contribution in [0.2, 0.25) is 0 Å². The molecule has 4 rings (SSSR count). The molecule has 0 aromatic heterocycles. The molecule has 1 amide bonds. The molecular weight excluding hydrogens is 518 g/mol. The first-order valence-corrected chi connectivity index (χ1v) is 14.2. The summed E-state index contributed by atoms with van der Waals surface area (Å²) in [6.45, 7) is 6.18. The predicted octanol–water partition coefficient (Wildman–Crippen LogP) is 6.79. The van der Waals surface area contributed by atoms with Crippen LogP contribution >= 0.6 is 0 Å². The summed E-state index contributed by atoms with van der Waals surface area (Å²) >= 11 is 0. The van der Waals surface area contributed by atoms with Crippen LogP contribution in [0, 0.1) is 5.92 Å². The number of alkyl carbamates (subject to hydrolysis) is 1. The van der Waals surface area contributed by atoms with Crippen LogP contribution in [0.15, 0.2) is 78.9 Å². The quantitative estimate of drug-likeness (QED) is 0.150. The normalized spacial score (nSPS) is 13.0. The first-order chi connectivity index (χ1) is 19.7. The Morgan fingerprint density at radius 3 is 2.05 bits per heavy atom. The lowest BCUT2D eigenvalue weighted by Crippen LogP contribution is -2.33. The van der Waals surface area contributed by atoms with Crippen LogP contribution in [0.3, 0.4) is 0 Å². The molecule has 0 saturated carbocycles. The lowest BCUT2D eigenvalue weighted by atomic mass is 9.97. The Hall–Kier alpha value is -4.13. The van der Waals surface area contributed by atoms with E-state index in [9.17, 15) is 14.4 Å². The van der Waals surface area contributed by atoms with Crippen molar-refractivity contribution in [2.45, 2.75) is 64.6 Å². The summed E-state index contributed by atoms with van der Waals surface area (Å²) in [6, 6.07) is 25.8. The van der Waals surface area contributed by atoms with Gasteiger partial charge in [-0.3, -0.25) is 9.59 Å². The van der Waals surface area contributed by atoms with E-state index in [-0.39, 0.29) is 25.6 Å². The highest BCUT2D eigenvalue weighted by Gasteiger charge is 2.30. The van der Waals surface area contributed by atoms with Gasteiger partial charge in [-0.05, 0) is 61.4 Å². The van der Waals surface area contributed by atoms with Gasteiger partial charge < -0.3 is 19.5 Å². The van der Waals surface area contributed by atoms with Crippen LogP contribution in [-0.2, 0) is 30.4 Å². The molecule has 0 radical (unpaired) electrons. The van der Waals surface area contributed by atoms with Crippen molar-refractivity contribution in [3.05, 3.63) is 95.6 Å². The molecule has 3 aromatic carbocycles. The van der Waals surface area contributed by atoms with E-state index in [1.807, 2.05) is 75.4 Å². The van der Waals surface area contributed by atoms with Crippen molar-refractivity contribution in [2.24, 2.45) is 5.92 Å². The Balaban J connectivity index is 1.32. The van der Waals surface area contributed by atoms with Crippen LogP contribution in [0.25, 0.3) is 11.1 Å². The summed E-state index contributed by atoms with van der Waals surface area (Å²) in [5.41, 5.74) is 4.90. The Bertz CT molecular complexity index is 1280. The lowest BCUT2D eigenvalue weighted by Gasteiger charge is -2.20. The number of ether oxygens (including phenoxy) is 3. The highest BCUT2D eigenvalue weighted by Crippen LogP contribution is 2.44. The van der Waals surface area contributed by atoms with Crippen molar-refractivity contribution in [1.29, 1.82) is 0 Å². The summed E-state index contributed by atoms with van der Waals surface area (Å²) in [7, 11) is 0. The zero-order valence-electron chi connectivity index (χ0n) is 24.1. The van der Waals surface area contributed by atoms with Crippen molar-refractivity contribution >= 4 is 18.0 Å². The first kappa shape index (κ1) is 29.8. The third kappa shape index (κ3) is 8.68. The molecule has 0 fully saturated rings. The smallest absolute Gasteiger partial charge is 0.407 e. The predicted molar refractivity (Wildman–Crippen MR) is 157 cm³/mol. The van der Waals surface area contributed by atoms with E-state index < -0.39 is 29.6 Å². The fraction of sp³-hybridized carbons (Fsp3) is 0.382. The number of carbonyl (C=O) groups excluding carboxylic acids is 3. The maximum Gasteiger partial charge on any atom is 0.407 e. The first-order valence-electron chi connectivity index (χ1n) is 14.2. The topological polar surface area (TPSA) is 90.9 Å². The van der Waals surface area contributed by atoms with Gasteiger partial charge in [0.2, 0.25) is 0 Å². The zero-order chi connectivity index (χ0) is 29.2. The number of esters is 2. The van der Waals surface area contributed by atoms with Gasteiger partial charge in [-0.15, -0.1) is 0 Å². The van der Waals surface area contributed by atoms with Gasteiger partial charge in [-0.25, -0.2) is 4.79 Å². The van der Waals surface area contributed by atoms with Crippen LogP contribution in [0.1, 0.15) is 69.1 Å². The molecule has 0 aliphatic heterocycles. The molecule has 0 unspecified atom stereocenters. The number of fused-ring (bicyclic) bond motifs is 3. The van der Waals surface area contributed by atoms with E-state index in [1.165, 1.54) is 0 Å². The number of unbranched alkanes of at least 4 members (excludes halogenated alkanes) is 1. The number of nitrogens with one attached hydrogen (secondary N) is 1. The van der Waals surface area contributed by atoms with Gasteiger partial charge in [0.15, 0.2) is 0 Å². The van der Waals surface area contributed by atoms with Crippen LogP contribution in [-0.4, -0.2) is 36.8 Å². The summed E-state index contributed by atoms with van der Waals surface area (Å²) in [4.78, 5) is 38.0. The summed E-state index contributed by atoms with van der Waals surface area (Å²) in [5.74, 6) is -1.55. The fourth-order valence-electron chi connectivity index (χ4n) is 5.05. The standard InChI is InChI=1S/C34H39NO6/c1-34(2,3)41-33(38)35-20-12-11-15-25(32(37)40-22-24-13-5-4-6-14-24)21-31(36)39-23-30-28-18-9-7-16-26(28)27-17-8-10-19-29(27)30/h4-10,13-14,16-19,25,30H,11-12,15,20-23H2,1-3H3,(H,35,38)/t25-/m1/s1. The minimum atomic E-state index is -0.643. The average Bonchev–Trinajstić information content (AvgIpc) is 3.27. The Labute approximate surface area is 242 Å². The largest absolute Gasteiger partial charge is 0.465 e. The molecule has 0 bridgehead atoms. The van der Waals surface area contributed by atoms with Crippen molar-refractivity contribution < 1.29 is 28.6 Å². The molecule has 3 aromatic rings. The Kier molecular flexibility index (Phi) is 10.2. The van der Waals surface area contributed by atoms with Crippen LogP contribution < -0.4 is 5.32 Å². The molecule has 0 spiro atoms. The molecular formula is C34H39NO6. The second-order valence-electron chi connectivity index (χ2n) is 11.3. The molecule has 1 aliphatic carbocycles. The van der Waals surface area contributed by atoms with Gasteiger partial charge in [0.25, 0.3) is 0 Å².